The van der Waals surface area contributed by atoms with E-state index in [0.717, 1.165) is 37.2 Å². The van der Waals surface area contributed by atoms with Gasteiger partial charge >= 0.3 is 0 Å². The second-order valence-corrected chi connectivity index (χ2v) is 8.90. The predicted octanol–water partition coefficient (Wildman–Crippen LogP) is 4.59. The number of methoxy groups -OCH3 is 2. The summed E-state index contributed by atoms with van der Waals surface area (Å²) in [5, 5.41) is 6.25. The molecule has 0 radical (unpaired) electrons. The van der Waals surface area contributed by atoms with Gasteiger partial charge in [-0.2, -0.15) is 0 Å². The highest BCUT2D eigenvalue weighted by molar-refractivity contribution is 6.00. The number of benzene rings is 3. The van der Waals surface area contributed by atoms with Crippen molar-refractivity contribution in [1.29, 1.82) is 0 Å². The van der Waals surface area contributed by atoms with Gasteiger partial charge in [0, 0.05) is 24.8 Å². The molecule has 7 heteroatoms. The Bertz CT molecular complexity index is 1170. The molecule has 1 aliphatic heterocycles. The van der Waals surface area contributed by atoms with Crippen molar-refractivity contribution < 1.29 is 19.1 Å². The molecule has 0 aliphatic carbocycles. The molecule has 1 aliphatic rings. The molecular formula is C29H33N3O4. The smallest absolute Gasteiger partial charge is 0.259 e. The number of piperidine rings is 1. The fourth-order valence-corrected chi connectivity index (χ4v) is 4.64. The first-order chi connectivity index (χ1) is 17.5. The van der Waals surface area contributed by atoms with Crippen molar-refractivity contribution in [3.8, 4) is 11.5 Å². The molecule has 1 saturated heterocycles. The van der Waals surface area contributed by atoms with Gasteiger partial charge in [0.15, 0.2) is 0 Å². The van der Waals surface area contributed by atoms with Gasteiger partial charge in [-0.25, -0.2) is 0 Å². The van der Waals surface area contributed by atoms with Crippen molar-refractivity contribution in [2.24, 2.45) is 0 Å². The van der Waals surface area contributed by atoms with E-state index < -0.39 is 0 Å². The second-order valence-electron chi connectivity index (χ2n) is 8.90. The molecule has 7 nitrogen and oxygen atoms in total. The number of nitrogens with one attached hydrogen (secondary N) is 2. The molecule has 2 N–H and O–H groups in total. The summed E-state index contributed by atoms with van der Waals surface area (Å²) in [7, 11) is 3.08. The van der Waals surface area contributed by atoms with E-state index in [1.165, 1.54) is 14.2 Å². The highest BCUT2D eigenvalue weighted by atomic mass is 16.5. The van der Waals surface area contributed by atoms with Crippen LogP contribution in [0.1, 0.15) is 52.1 Å². The lowest BCUT2D eigenvalue weighted by Gasteiger charge is -2.35. The molecule has 4 rings (SSSR count). The van der Waals surface area contributed by atoms with E-state index in [1.807, 2.05) is 61.5 Å². The van der Waals surface area contributed by atoms with Crippen LogP contribution in [0.3, 0.4) is 0 Å². The zero-order valence-corrected chi connectivity index (χ0v) is 21.0. The molecular weight excluding hydrogens is 454 g/mol. The summed E-state index contributed by atoms with van der Waals surface area (Å²) in [6, 6.07) is 22.8. The molecule has 36 heavy (non-hydrogen) atoms. The van der Waals surface area contributed by atoms with Crippen LogP contribution in [-0.4, -0.2) is 45.2 Å². The number of anilines is 1. The van der Waals surface area contributed by atoms with Crippen molar-refractivity contribution >= 4 is 17.5 Å². The summed E-state index contributed by atoms with van der Waals surface area (Å²) in [5.41, 5.74) is 3.03. The van der Waals surface area contributed by atoms with Gasteiger partial charge in [-0.1, -0.05) is 48.5 Å². The average Bonchev–Trinajstić information content (AvgIpc) is 2.93. The molecule has 1 fully saturated rings. The summed E-state index contributed by atoms with van der Waals surface area (Å²) < 4.78 is 10.8. The molecule has 1 atom stereocenters. The van der Waals surface area contributed by atoms with Gasteiger partial charge in [0.2, 0.25) is 0 Å². The molecule has 3 aromatic carbocycles. The van der Waals surface area contributed by atoms with Crippen molar-refractivity contribution in [3.05, 3.63) is 89.5 Å². The third-order valence-electron chi connectivity index (χ3n) is 6.62. The van der Waals surface area contributed by atoms with Crippen LogP contribution >= 0.6 is 0 Å². The van der Waals surface area contributed by atoms with Crippen LogP contribution in [0.2, 0.25) is 0 Å². The van der Waals surface area contributed by atoms with Gasteiger partial charge in [0.05, 0.1) is 25.8 Å². The third kappa shape index (κ3) is 5.62. The SMILES string of the molecule is COc1cccc(OC)c1C(=O)NC1CCN(c2ccccc2C(=O)NC(C)c2ccccc2)CC1. The highest BCUT2D eigenvalue weighted by Gasteiger charge is 2.26. The van der Waals surface area contributed by atoms with Crippen LogP contribution in [0.5, 0.6) is 11.5 Å². The van der Waals surface area contributed by atoms with E-state index in [4.69, 9.17) is 9.47 Å². The summed E-state index contributed by atoms with van der Waals surface area (Å²) in [6.45, 7) is 3.44. The van der Waals surface area contributed by atoms with E-state index in [-0.39, 0.29) is 23.9 Å². The molecule has 0 bridgehead atoms. The minimum atomic E-state index is -0.211. The van der Waals surface area contributed by atoms with Crippen molar-refractivity contribution in [2.75, 3.05) is 32.2 Å². The Morgan fingerprint density at radius 2 is 1.44 bits per heavy atom. The molecule has 1 heterocycles. The summed E-state index contributed by atoms with van der Waals surface area (Å²) in [4.78, 5) is 28.4. The van der Waals surface area contributed by atoms with Crippen molar-refractivity contribution in [2.45, 2.75) is 31.8 Å². The Labute approximate surface area is 212 Å². The predicted molar refractivity (Wildman–Crippen MR) is 141 cm³/mol. The topological polar surface area (TPSA) is 79.9 Å². The van der Waals surface area contributed by atoms with Crippen LogP contribution in [-0.2, 0) is 0 Å². The Morgan fingerprint density at radius 1 is 0.833 bits per heavy atom. The monoisotopic (exact) mass is 487 g/mol. The van der Waals surface area contributed by atoms with Crippen molar-refractivity contribution in [1.82, 2.24) is 10.6 Å². The Morgan fingerprint density at radius 3 is 2.08 bits per heavy atom. The van der Waals surface area contributed by atoms with Gasteiger partial charge in [-0.05, 0) is 49.6 Å². The largest absolute Gasteiger partial charge is 0.496 e. The number of rotatable bonds is 8. The Kier molecular flexibility index (Phi) is 8.10. The fraction of sp³-hybridized carbons (Fsp3) is 0.310. The van der Waals surface area contributed by atoms with Crippen LogP contribution in [0.15, 0.2) is 72.8 Å². The molecule has 0 spiro atoms. The number of amides is 2. The molecule has 2 amide bonds. The average molecular weight is 488 g/mol. The Hall–Kier alpha value is -4.00. The number of carbonyl (C=O) groups excluding carboxylic acids is 2. The standard InChI is InChI=1S/C29H33N3O4/c1-20(21-10-5-4-6-11-21)30-28(33)23-12-7-8-13-24(23)32-18-16-22(17-19-32)31-29(34)27-25(35-2)14-9-15-26(27)36-3/h4-15,20,22H,16-19H2,1-3H3,(H,30,33)(H,31,34). The lowest BCUT2D eigenvalue weighted by molar-refractivity contribution is 0.0922. The van der Waals surface area contributed by atoms with Crippen LogP contribution in [0, 0.1) is 0 Å². The number of carbonyl (C=O) groups is 2. The quantitative estimate of drug-likeness (QED) is 0.486. The minimum Gasteiger partial charge on any atom is -0.496 e. The zero-order valence-electron chi connectivity index (χ0n) is 21.0. The van der Waals surface area contributed by atoms with Gasteiger partial charge in [0.1, 0.15) is 17.1 Å². The number of ether oxygens (including phenoxy) is 2. The van der Waals surface area contributed by atoms with Gasteiger partial charge in [-0.3, -0.25) is 9.59 Å². The molecule has 3 aromatic rings. The maximum Gasteiger partial charge on any atom is 0.259 e. The second kappa shape index (κ2) is 11.6. The molecule has 188 valence electrons. The first-order valence-corrected chi connectivity index (χ1v) is 12.2. The lowest BCUT2D eigenvalue weighted by Crippen LogP contribution is -2.45. The first-order valence-electron chi connectivity index (χ1n) is 12.2. The highest BCUT2D eigenvalue weighted by Crippen LogP contribution is 2.29. The number of nitrogens with zero attached hydrogens (tertiary/aromatic N) is 1. The molecule has 0 aromatic heterocycles. The summed E-state index contributed by atoms with van der Waals surface area (Å²) in [6.07, 6.45) is 1.53. The van der Waals surface area contributed by atoms with Gasteiger partial charge in [-0.15, -0.1) is 0 Å². The third-order valence-corrected chi connectivity index (χ3v) is 6.62. The van der Waals surface area contributed by atoms with E-state index >= 15 is 0 Å². The normalized spacial score (nSPS) is 14.6. The van der Waals surface area contributed by atoms with Crippen molar-refractivity contribution in [3.63, 3.8) is 0 Å². The zero-order chi connectivity index (χ0) is 25.5. The molecule has 0 saturated carbocycles. The number of hydrogen-bond acceptors (Lipinski definition) is 5. The van der Waals surface area contributed by atoms with E-state index in [1.54, 1.807) is 18.2 Å². The molecule has 1 unspecified atom stereocenters. The first kappa shape index (κ1) is 25.1. The summed E-state index contributed by atoms with van der Waals surface area (Å²) >= 11 is 0. The number of para-hydroxylation sites is 1. The van der Waals surface area contributed by atoms with E-state index in [0.29, 0.717) is 22.6 Å². The summed E-state index contributed by atoms with van der Waals surface area (Å²) in [5.74, 6) is 0.654. The van der Waals surface area contributed by atoms with Crippen LogP contribution in [0.25, 0.3) is 0 Å². The van der Waals surface area contributed by atoms with E-state index in [9.17, 15) is 9.59 Å². The van der Waals surface area contributed by atoms with Gasteiger partial charge in [0.25, 0.3) is 11.8 Å². The maximum absolute atomic E-state index is 13.2. The minimum absolute atomic E-state index is 0.0162. The lowest BCUT2D eigenvalue weighted by atomic mass is 10.0. The van der Waals surface area contributed by atoms with Gasteiger partial charge < -0.3 is 25.0 Å². The van der Waals surface area contributed by atoms with E-state index in [2.05, 4.69) is 15.5 Å². The van der Waals surface area contributed by atoms with Crippen LogP contribution in [0.4, 0.5) is 5.69 Å². The maximum atomic E-state index is 13.2. The number of hydrogen-bond donors (Lipinski definition) is 2. The van der Waals surface area contributed by atoms with Crippen LogP contribution < -0.4 is 25.0 Å². The Balaban J connectivity index is 1.40. The fourth-order valence-electron chi connectivity index (χ4n) is 4.64.